The van der Waals surface area contributed by atoms with E-state index in [1.165, 1.54) is 72.5 Å². The first kappa shape index (κ1) is 26.9. The number of aromatic carboxylic acids is 2. The topological polar surface area (TPSA) is 236 Å². The quantitative estimate of drug-likeness (QED) is 0.150. The number of anilines is 2. The molecule has 0 aliphatic carbocycles. The lowest BCUT2D eigenvalue weighted by atomic mass is 10.1. The molecule has 4 aromatic rings. The van der Waals surface area contributed by atoms with Crippen molar-refractivity contribution in [1.82, 2.24) is 20.0 Å². The molecule has 2 heterocycles. The van der Waals surface area contributed by atoms with Gasteiger partial charge in [-0.25, -0.2) is 24.8 Å². The van der Waals surface area contributed by atoms with Crippen molar-refractivity contribution in [3.8, 4) is 28.6 Å². The average Bonchev–Trinajstić information content (AvgIpc) is 3.39. The highest BCUT2D eigenvalue weighted by Gasteiger charge is 2.15. The Bertz CT molecular complexity index is 1700. The molecule has 0 bridgehead atoms. The summed E-state index contributed by atoms with van der Waals surface area (Å²) in [6.45, 7) is 1.31. The Kier molecular flexibility index (Phi) is 7.47. The maximum absolute atomic E-state index is 11.7. The van der Waals surface area contributed by atoms with Gasteiger partial charge in [-0.15, -0.1) is 5.10 Å². The SMILES string of the molecule is CC(=O)Nc1cc(/C(=C/Nc2ccc(C(=O)O)c(O)c2)N=N)nc(-c2cn(-c3ccc(C(=O)O)c(O)c3)nn2)c1. The van der Waals surface area contributed by atoms with Gasteiger partial charge in [-0.1, -0.05) is 5.21 Å². The third kappa shape index (κ3) is 5.88. The van der Waals surface area contributed by atoms with Crippen LogP contribution in [0.5, 0.6) is 11.5 Å². The lowest BCUT2D eigenvalue weighted by Crippen LogP contribution is -2.07. The lowest BCUT2D eigenvalue weighted by Gasteiger charge is -2.09. The number of carboxylic acids is 2. The molecular formula is C25H20N8O7. The molecule has 0 fully saturated rings. The van der Waals surface area contributed by atoms with Gasteiger partial charge in [-0.2, -0.15) is 5.11 Å². The fourth-order valence-corrected chi connectivity index (χ4v) is 3.54. The summed E-state index contributed by atoms with van der Waals surface area (Å²) in [5, 5.41) is 55.1. The molecule has 0 aliphatic heterocycles. The van der Waals surface area contributed by atoms with Gasteiger partial charge in [0.2, 0.25) is 5.91 Å². The van der Waals surface area contributed by atoms with Crippen LogP contribution in [0.2, 0.25) is 0 Å². The van der Waals surface area contributed by atoms with Crippen molar-refractivity contribution in [2.45, 2.75) is 6.92 Å². The van der Waals surface area contributed by atoms with E-state index in [1.807, 2.05) is 0 Å². The second-order valence-corrected chi connectivity index (χ2v) is 8.19. The van der Waals surface area contributed by atoms with E-state index in [1.54, 1.807) is 0 Å². The van der Waals surface area contributed by atoms with Crippen LogP contribution in [0.25, 0.3) is 22.8 Å². The molecule has 40 heavy (non-hydrogen) atoms. The highest BCUT2D eigenvalue weighted by molar-refractivity contribution is 5.92. The number of hydrogen-bond donors (Lipinski definition) is 7. The van der Waals surface area contributed by atoms with Crippen LogP contribution in [0.1, 0.15) is 33.3 Å². The highest BCUT2D eigenvalue weighted by Crippen LogP contribution is 2.27. The number of carbonyl (C=O) groups is 3. The number of carbonyl (C=O) groups excluding carboxylic acids is 1. The van der Waals surface area contributed by atoms with Gasteiger partial charge in [0.25, 0.3) is 0 Å². The minimum atomic E-state index is -1.29. The van der Waals surface area contributed by atoms with E-state index in [0.717, 1.165) is 0 Å². The van der Waals surface area contributed by atoms with Gasteiger partial charge in [0.05, 0.1) is 23.3 Å². The third-order valence-electron chi connectivity index (χ3n) is 5.36. The summed E-state index contributed by atoms with van der Waals surface area (Å²) < 4.78 is 1.29. The number of aromatic hydroxyl groups is 2. The van der Waals surface area contributed by atoms with Crippen molar-refractivity contribution in [2.24, 2.45) is 5.11 Å². The van der Waals surface area contributed by atoms with Gasteiger partial charge < -0.3 is 31.1 Å². The van der Waals surface area contributed by atoms with Crippen LogP contribution < -0.4 is 10.6 Å². The van der Waals surface area contributed by atoms with Gasteiger partial charge in [0, 0.05) is 36.6 Å². The van der Waals surface area contributed by atoms with E-state index in [4.69, 9.17) is 15.7 Å². The number of aromatic nitrogens is 4. The van der Waals surface area contributed by atoms with Crippen LogP contribution in [-0.4, -0.2) is 58.2 Å². The summed E-state index contributed by atoms with van der Waals surface area (Å²) in [5.74, 6) is -3.88. The zero-order chi connectivity index (χ0) is 29.0. The predicted octanol–water partition coefficient (Wildman–Crippen LogP) is 3.54. The molecule has 15 heteroatoms. The van der Waals surface area contributed by atoms with Gasteiger partial charge >= 0.3 is 11.9 Å². The van der Waals surface area contributed by atoms with E-state index in [9.17, 15) is 24.6 Å². The third-order valence-corrected chi connectivity index (χ3v) is 5.36. The number of nitrogens with zero attached hydrogens (tertiary/aromatic N) is 5. The number of phenols is 2. The number of pyridine rings is 1. The van der Waals surface area contributed by atoms with Crippen molar-refractivity contribution in [1.29, 1.82) is 5.53 Å². The second kappa shape index (κ2) is 11.1. The Morgan fingerprint density at radius 1 is 0.925 bits per heavy atom. The summed E-state index contributed by atoms with van der Waals surface area (Å²) >= 11 is 0. The molecule has 0 radical (unpaired) electrons. The van der Waals surface area contributed by atoms with Crippen LogP contribution in [0.4, 0.5) is 11.4 Å². The van der Waals surface area contributed by atoms with Crippen LogP contribution in [0, 0.1) is 5.53 Å². The number of amides is 1. The van der Waals surface area contributed by atoms with E-state index in [-0.39, 0.29) is 39.8 Å². The van der Waals surface area contributed by atoms with Gasteiger partial charge in [0.15, 0.2) is 0 Å². The van der Waals surface area contributed by atoms with Crippen molar-refractivity contribution in [3.05, 3.63) is 77.7 Å². The molecule has 0 spiro atoms. The maximum atomic E-state index is 11.7. The lowest BCUT2D eigenvalue weighted by molar-refractivity contribution is -0.114. The molecule has 0 saturated carbocycles. The molecule has 0 saturated heterocycles. The van der Waals surface area contributed by atoms with E-state index < -0.39 is 23.4 Å². The van der Waals surface area contributed by atoms with E-state index in [0.29, 0.717) is 17.1 Å². The molecule has 4 rings (SSSR count). The molecular weight excluding hydrogens is 524 g/mol. The minimum absolute atomic E-state index is 0.0110. The summed E-state index contributed by atoms with van der Waals surface area (Å²) in [7, 11) is 0. The normalized spacial score (nSPS) is 11.1. The Hall–Kier alpha value is -6.12. The maximum Gasteiger partial charge on any atom is 0.339 e. The smallest absolute Gasteiger partial charge is 0.339 e. The number of rotatable bonds is 9. The largest absolute Gasteiger partial charge is 0.507 e. The molecule has 0 aliphatic rings. The summed E-state index contributed by atoms with van der Waals surface area (Å²) in [6.07, 6.45) is 2.76. The van der Waals surface area contributed by atoms with Crippen molar-refractivity contribution < 1.29 is 34.8 Å². The number of nitrogens with one attached hydrogen (secondary N) is 3. The van der Waals surface area contributed by atoms with Gasteiger partial charge in [0.1, 0.15) is 34.0 Å². The molecule has 202 valence electrons. The fourth-order valence-electron chi connectivity index (χ4n) is 3.54. The zero-order valence-corrected chi connectivity index (χ0v) is 20.5. The summed E-state index contributed by atoms with van der Waals surface area (Å²) in [4.78, 5) is 38.5. The molecule has 15 nitrogen and oxygen atoms in total. The molecule has 1 amide bonds. The molecule has 7 N–H and O–H groups in total. The first-order valence-electron chi connectivity index (χ1n) is 11.3. The number of hydrogen-bond acceptors (Lipinski definition) is 11. The standard InChI is InChI=1S/C25H20N8O7/c1-12(34)28-14-6-18(20(30-26)10-27-13-2-4-16(24(37)38)22(35)8-13)29-19(7-14)21-11-33(32-31-21)15-3-5-17(25(39)40)23(36)9-15/h2-11,26-27,35-36H,1H3,(H,37,38)(H,39,40)(H,28,29,34)/b20-10-,30-26?. The predicted molar refractivity (Wildman–Crippen MR) is 139 cm³/mol. The van der Waals surface area contributed by atoms with Crippen LogP contribution in [0.15, 0.2) is 66.0 Å². The first-order valence-corrected chi connectivity index (χ1v) is 11.3. The van der Waals surface area contributed by atoms with Gasteiger partial charge in [-0.3, -0.25) is 4.79 Å². The zero-order valence-electron chi connectivity index (χ0n) is 20.5. The molecule has 0 unspecified atom stereocenters. The first-order chi connectivity index (χ1) is 19.0. The molecule has 2 aromatic carbocycles. The fraction of sp³-hybridized carbons (Fsp3) is 0.0400. The van der Waals surface area contributed by atoms with Crippen molar-refractivity contribution in [2.75, 3.05) is 10.6 Å². The van der Waals surface area contributed by atoms with Crippen LogP contribution in [0.3, 0.4) is 0 Å². The Morgan fingerprint density at radius 3 is 2.20 bits per heavy atom. The number of benzene rings is 2. The number of carboxylic acid groups (broad SMARTS) is 2. The second-order valence-electron chi connectivity index (χ2n) is 8.19. The van der Waals surface area contributed by atoms with Crippen molar-refractivity contribution >= 4 is 34.9 Å². The van der Waals surface area contributed by atoms with Crippen LogP contribution >= 0.6 is 0 Å². The minimum Gasteiger partial charge on any atom is -0.507 e. The summed E-state index contributed by atoms with van der Waals surface area (Å²) in [5.41, 5.74) is 8.64. The van der Waals surface area contributed by atoms with Crippen LogP contribution in [-0.2, 0) is 4.79 Å². The van der Waals surface area contributed by atoms with E-state index >= 15 is 0 Å². The molecule has 0 atom stereocenters. The van der Waals surface area contributed by atoms with Crippen molar-refractivity contribution in [3.63, 3.8) is 0 Å². The van der Waals surface area contributed by atoms with E-state index in [2.05, 4.69) is 31.0 Å². The average molecular weight is 544 g/mol. The Balaban J connectivity index is 1.69. The Labute approximate surface area is 224 Å². The molecule has 2 aromatic heterocycles. The monoisotopic (exact) mass is 544 g/mol. The summed E-state index contributed by atoms with van der Waals surface area (Å²) in [6, 6.07) is 10.6. The Morgan fingerprint density at radius 2 is 1.60 bits per heavy atom. The van der Waals surface area contributed by atoms with Gasteiger partial charge in [-0.05, 0) is 36.4 Å². The highest BCUT2D eigenvalue weighted by atomic mass is 16.4.